The van der Waals surface area contributed by atoms with Gasteiger partial charge in [0.05, 0.1) is 7.11 Å². The van der Waals surface area contributed by atoms with E-state index in [-0.39, 0.29) is 11.4 Å². The zero-order valence-corrected chi connectivity index (χ0v) is 14.1. The standard InChI is InChI=1S/C17H31FN2O/c1-5-7-9-10-11-13-17(3,12-8-6-2)20-14-19-15(18)16(20)21-4/h14H,5-13H2,1-4H3. The minimum Gasteiger partial charge on any atom is -0.479 e. The van der Waals surface area contributed by atoms with Crippen molar-refractivity contribution in [1.82, 2.24) is 9.55 Å². The lowest BCUT2D eigenvalue weighted by molar-refractivity contribution is 0.219. The predicted octanol–water partition coefficient (Wildman–Crippen LogP) is 5.30. The highest BCUT2D eigenvalue weighted by molar-refractivity contribution is 5.12. The average Bonchev–Trinajstić information content (AvgIpc) is 2.86. The normalized spacial score (nSPS) is 14.1. The number of aromatic nitrogens is 2. The molecule has 1 aromatic rings. The maximum Gasteiger partial charge on any atom is 0.275 e. The highest BCUT2D eigenvalue weighted by atomic mass is 19.1. The molecule has 4 heteroatoms. The zero-order chi connectivity index (χ0) is 15.7. The van der Waals surface area contributed by atoms with Gasteiger partial charge in [0.15, 0.2) is 0 Å². The smallest absolute Gasteiger partial charge is 0.275 e. The van der Waals surface area contributed by atoms with E-state index in [9.17, 15) is 4.39 Å². The molecule has 1 unspecified atom stereocenters. The number of rotatable bonds is 11. The second-order valence-corrected chi connectivity index (χ2v) is 6.18. The molecule has 0 aliphatic carbocycles. The molecule has 1 atom stereocenters. The van der Waals surface area contributed by atoms with Crippen LogP contribution >= 0.6 is 0 Å². The number of imidazole rings is 1. The molecular formula is C17H31FN2O. The summed E-state index contributed by atoms with van der Waals surface area (Å²) >= 11 is 0. The maximum absolute atomic E-state index is 13.7. The van der Waals surface area contributed by atoms with E-state index in [1.54, 1.807) is 6.33 Å². The molecule has 1 rings (SSSR count). The molecule has 3 nitrogen and oxygen atoms in total. The molecule has 0 aliphatic heterocycles. The molecule has 1 aromatic heterocycles. The van der Waals surface area contributed by atoms with Crippen molar-refractivity contribution < 1.29 is 9.13 Å². The molecular weight excluding hydrogens is 267 g/mol. The van der Waals surface area contributed by atoms with Crippen LogP contribution < -0.4 is 4.74 Å². The van der Waals surface area contributed by atoms with E-state index in [1.807, 2.05) is 4.57 Å². The molecule has 0 spiro atoms. The van der Waals surface area contributed by atoms with E-state index in [0.29, 0.717) is 0 Å². The van der Waals surface area contributed by atoms with Gasteiger partial charge in [-0.15, -0.1) is 0 Å². The van der Waals surface area contributed by atoms with Crippen molar-refractivity contribution in [2.24, 2.45) is 0 Å². The minimum atomic E-state index is -0.508. The van der Waals surface area contributed by atoms with E-state index in [1.165, 1.54) is 39.2 Å². The largest absolute Gasteiger partial charge is 0.479 e. The van der Waals surface area contributed by atoms with Crippen LogP contribution in [-0.2, 0) is 5.54 Å². The summed E-state index contributed by atoms with van der Waals surface area (Å²) in [5, 5.41) is 0. The third-order valence-corrected chi connectivity index (χ3v) is 4.34. The molecule has 1 heterocycles. The Kier molecular flexibility index (Phi) is 7.76. The molecule has 0 bridgehead atoms. The van der Waals surface area contributed by atoms with Crippen molar-refractivity contribution in [2.75, 3.05) is 7.11 Å². The summed E-state index contributed by atoms with van der Waals surface area (Å²) < 4.78 is 20.8. The fraction of sp³-hybridized carbons (Fsp3) is 0.824. The molecule has 0 saturated carbocycles. The van der Waals surface area contributed by atoms with Gasteiger partial charge in [-0.1, -0.05) is 58.8 Å². The summed E-state index contributed by atoms with van der Waals surface area (Å²) in [6, 6.07) is 0. The van der Waals surface area contributed by atoms with Crippen LogP contribution in [0.4, 0.5) is 4.39 Å². The van der Waals surface area contributed by atoms with Crippen LogP contribution in [0.25, 0.3) is 0 Å². The van der Waals surface area contributed by atoms with Crippen LogP contribution in [0.5, 0.6) is 5.88 Å². The molecule has 0 fully saturated rings. The van der Waals surface area contributed by atoms with Gasteiger partial charge in [0.25, 0.3) is 11.8 Å². The monoisotopic (exact) mass is 298 g/mol. The number of nitrogens with zero attached hydrogens (tertiary/aromatic N) is 2. The Morgan fingerprint density at radius 1 is 1.10 bits per heavy atom. The van der Waals surface area contributed by atoms with Crippen LogP contribution in [0.1, 0.15) is 78.6 Å². The van der Waals surface area contributed by atoms with Crippen LogP contribution in [0.2, 0.25) is 0 Å². The molecule has 0 N–H and O–H groups in total. The Labute approximate surface area is 128 Å². The lowest BCUT2D eigenvalue weighted by Crippen LogP contribution is -2.30. The van der Waals surface area contributed by atoms with Crippen molar-refractivity contribution >= 4 is 0 Å². The lowest BCUT2D eigenvalue weighted by atomic mass is 9.88. The lowest BCUT2D eigenvalue weighted by Gasteiger charge is -2.32. The summed E-state index contributed by atoms with van der Waals surface area (Å²) in [7, 11) is 1.51. The Bertz CT molecular complexity index is 405. The van der Waals surface area contributed by atoms with Gasteiger partial charge in [-0.25, -0.2) is 4.98 Å². The Hall–Kier alpha value is -1.06. The van der Waals surface area contributed by atoms with Crippen molar-refractivity contribution in [3.63, 3.8) is 0 Å². The number of unbranched alkanes of at least 4 members (excludes halogenated alkanes) is 5. The van der Waals surface area contributed by atoms with Gasteiger partial charge in [-0.05, 0) is 19.8 Å². The van der Waals surface area contributed by atoms with E-state index in [2.05, 4.69) is 25.8 Å². The van der Waals surface area contributed by atoms with Gasteiger partial charge >= 0.3 is 0 Å². The Balaban J connectivity index is 2.76. The molecule has 122 valence electrons. The average molecular weight is 298 g/mol. The van der Waals surface area contributed by atoms with Crippen LogP contribution in [-0.4, -0.2) is 16.7 Å². The van der Waals surface area contributed by atoms with Gasteiger partial charge < -0.3 is 4.74 Å². The third kappa shape index (κ3) is 5.01. The Morgan fingerprint density at radius 3 is 2.33 bits per heavy atom. The van der Waals surface area contributed by atoms with Crippen LogP contribution in [0.15, 0.2) is 6.33 Å². The van der Waals surface area contributed by atoms with E-state index >= 15 is 0 Å². The van der Waals surface area contributed by atoms with Gasteiger partial charge in [-0.2, -0.15) is 4.39 Å². The summed E-state index contributed by atoms with van der Waals surface area (Å²) in [5.41, 5.74) is -0.106. The quantitative estimate of drug-likeness (QED) is 0.518. The number of methoxy groups -OCH3 is 1. The molecule has 0 radical (unpaired) electrons. The van der Waals surface area contributed by atoms with E-state index in [4.69, 9.17) is 4.74 Å². The first-order valence-corrected chi connectivity index (χ1v) is 8.36. The summed E-state index contributed by atoms with van der Waals surface area (Å²) in [6.45, 7) is 6.62. The van der Waals surface area contributed by atoms with Crippen molar-refractivity contribution in [1.29, 1.82) is 0 Å². The zero-order valence-electron chi connectivity index (χ0n) is 14.1. The molecule has 0 aromatic carbocycles. The van der Waals surface area contributed by atoms with Crippen molar-refractivity contribution in [2.45, 2.75) is 84.1 Å². The molecule has 0 aliphatic rings. The van der Waals surface area contributed by atoms with E-state index < -0.39 is 5.95 Å². The summed E-state index contributed by atoms with van der Waals surface area (Å²) in [6.07, 6.45) is 12.2. The van der Waals surface area contributed by atoms with Crippen LogP contribution in [0.3, 0.4) is 0 Å². The summed E-state index contributed by atoms with van der Waals surface area (Å²) in [4.78, 5) is 3.79. The topological polar surface area (TPSA) is 27.1 Å². The predicted molar refractivity (Wildman–Crippen MR) is 85.3 cm³/mol. The Morgan fingerprint density at radius 2 is 1.71 bits per heavy atom. The second-order valence-electron chi connectivity index (χ2n) is 6.18. The first kappa shape index (κ1) is 18.0. The van der Waals surface area contributed by atoms with Crippen molar-refractivity contribution in [3.8, 4) is 5.88 Å². The number of hydrogen-bond acceptors (Lipinski definition) is 2. The maximum atomic E-state index is 13.7. The molecule has 0 saturated heterocycles. The number of hydrogen-bond donors (Lipinski definition) is 0. The fourth-order valence-electron chi connectivity index (χ4n) is 2.92. The van der Waals surface area contributed by atoms with Gasteiger partial charge in [0.1, 0.15) is 6.33 Å². The van der Waals surface area contributed by atoms with Crippen molar-refractivity contribution in [3.05, 3.63) is 12.3 Å². The van der Waals surface area contributed by atoms with Gasteiger partial charge in [0, 0.05) is 5.54 Å². The first-order chi connectivity index (χ1) is 10.1. The minimum absolute atomic E-state index is 0.106. The van der Waals surface area contributed by atoms with E-state index in [0.717, 1.165) is 25.7 Å². The SMILES string of the molecule is CCCCCCCC(C)(CCCC)n1cnc(F)c1OC. The second kappa shape index (κ2) is 9.06. The highest BCUT2D eigenvalue weighted by Gasteiger charge is 2.29. The number of halogens is 1. The van der Waals surface area contributed by atoms with Gasteiger partial charge in [0.2, 0.25) is 0 Å². The van der Waals surface area contributed by atoms with Crippen LogP contribution in [0, 0.1) is 5.95 Å². The number of ether oxygens (including phenoxy) is 1. The third-order valence-electron chi connectivity index (χ3n) is 4.34. The highest BCUT2D eigenvalue weighted by Crippen LogP contribution is 2.34. The first-order valence-electron chi connectivity index (χ1n) is 8.36. The molecule has 21 heavy (non-hydrogen) atoms. The fourth-order valence-corrected chi connectivity index (χ4v) is 2.92. The van der Waals surface area contributed by atoms with Gasteiger partial charge in [-0.3, -0.25) is 4.57 Å². The molecule has 0 amide bonds. The summed E-state index contributed by atoms with van der Waals surface area (Å²) in [5.74, 6) is -0.242.